The minimum absolute atomic E-state index is 0.382. The summed E-state index contributed by atoms with van der Waals surface area (Å²) in [6, 6.07) is 21.0. The van der Waals surface area contributed by atoms with Crippen molar-refractivity contribution in [3.8, 4) is 0 Å². The highest BCUT2D eigenvalue weighted by Gasteiger charge is 2.29. The highest BCUT2D eigenvalue weighted by molar-refractivity contribution is 5.37. The molecule has 21 heavy (non-hydrogen) atoms. The second-order valence-corrected chi connectivity index (χ2v) is 6.00. The number of hydrogen-bond acceptors (Lipinski definition) is 2. The largest absolute Gasteiger partial charge is 0.318 e. The maximum absolute atomic E-state index is 6.87. The lowest BCUT2D eigenvalue weighted by molar-refractivity contribution is 0.174. The second-order valence-electron chi connectivity index (χ2n) is 6.00. The van der Waals surface area contributed by atoms with Crippen LogP contribution in [-0.2, 0) is 5.54 Å². The zero-order valence-corrected chi connectivity index (χ0v) is 12.5. The number of benzene rings is 2. The van der Waals surface area contributed by atoms with Gasteiger partial charge in [0.05, 0.1) is 5.54 Å². The van der Waals surface area contributed by atoms with Gasteiger partial charge in [-0.1, -0.05) is 60.7 Å². The van der Waals surface area contributed by atoms with Crippen LogP contribution in [0, 0.1) is 0 Å². The summed E-state index contributed by atoms with van der Waals surface area (Å²) < 4.78 is 0. The molecular formula is C19H24N2. The summed E-state index contributed by atoms with van der Waals surface area (Å²) in [5, 5.41) is 0. The fourth-order valence-electron chi connectivity index (χ4n) is 3.11. The van der Waals surface area contributed by atoms with E-state index < -0.39 is 0 Å². The third-order valence-corrected chi connectivity index (χ3v) is 4.57. The van der Waals surface area contributed by atoms with Gasteiger partial charge in [-0.05, 0) is 50.0 Å². The predicted molar refractivity (Wildman–Crippen MR) is 88.1 cm³/mol. The van der Waals surface area contributed by atoms with Crippen LogP contribution in [0.3, 0.4) is 0 Å². The van der Waals surface area contributed by atoms with E-state index in [0.717, 1.165) is 12.8 Å². The fourth-order valence-corrected chi connectivity index (χ4v) is 3.11. The van der Waals surface area contributed by atoms with E-state index in [-0.39, 0.29) is 5.54 Å². The lowest BCUT2D eigenvalue weighted by atomic mass is 9.80. The van der Waals surface area contributed by atoms with Gasteiger partial charge in [-0.3, -0.25) is 0 Å². The topological polar surface area (TPSA) is 29.3 Å². The quantitative estimate of drug-likeness (QED) is 0.879. The molecule has 2 nitrogen and oxygen atoms in total. The van der Waals surface area contributed by atoms with Gasteiger partial charge >= 0.3 is 0 Å². The van der Waals surface area contributed by atoms with E-state index in [9.17, 15) is 0 Å². The molecule has 2 aromatic rings. The Balaban J connectivity index is 1.80. The molecule has 0 aromatic heterocycles. The molecule has 1 heterocycles. The van der Waals surface area contributed by atoms with Crippen molar-refractivity contribution >= 4 is 0 Å². The summed E-state index contributed by atoms with van der Waals surface area (Å²) in [6.07, 6.45) is 3.48. The predicted octanol–water partition coefficient (Wildman–Crippen LogP) is 3.37. The Bertz CT molecular complexity index is 507. The molecule has 1 saturated heterocycles. The summed E-state index contributed by atoms with van der Waals surface area (Å²) in [7, 11) is 0. The van der Waals surface area contributed by atoms with E-state index in [1.165, 1.54) is 37.2 Å². The molecule has 3 rings (SSSR count). The van der Waals surface area contributed by atoms with Gasteiger partial charge in [0, 0.05) is 0 Å². The lowest BCUT2D eigenvalue weighted by Crippen LogP contribution is -2.41. The van der Waals surface area contributed by atoms with Crippen molar-refractivity contribution in [2.75, 3.05) is 19.6 Å². The fraction of sp³-hybridized carbons (Fsp3) is 0.368. The van der Waals surface area contributed by atoms with E-state index in [2.05, 4.69) is 65.6 Å². The van der Waals surface area contributed by atoms with E-state index in [0.29, 0.717) is 0 Å². The Morgan fingerprint density at radius 3 is 1.81 bits per heavy atom. The number of nitrogens with two attached hydrogens (primary N) is 1. The van der Waals surface area contributed by atoms with Crippen molar-refractivity contribution in [1.29, 1.82) is 0 Å². The zero-order valence-electron chi connectivity index (χ0n) is 12.5. The molecule has 2 aromatic carbocycles. The van der Waals surface area contributed by atoms with Gasteiger partial charge in [0.25, 0.3) is 0 Å². The van der Waals surface area contributed by atoms with Crippen LogP contribution < -0.4 is 5.73 Å². The third kappa shape index (κ3) is 3.17. The van der Waals surface area contributed by atoms with Gasteiger partial charge < -0.3 is 10.6 Å². The zero-order chi connectivity index (χ0) is 14.5. The van der Waals surface area contributed by atoms with E-state index in [4.69, 9.17) is 5.73 Å². The molecule has 0 radical (unpaired) electrons. The molecule has 0 saturated carbocycles. The van der Waals surface area contributed by atoms with Gasteiger partial charge in [-0.15, -0.1) is 0 Å². The summed E-state index contributed by atoms with van der Waals surface area (Å²) in [5.74, 6) is 0. The normalized spacial score (nSPS) is 15.7. The Kier molecular flexibility index (Phi) is 4.37. The minimum atomic E-state index is -0.382. The highest BCUT2D eigenvalue weighted by atomic mass is 15.2. The Hall–Kier alpha value is -1.64. The molecule has 0 amide bonds. The molecule has 0 aliphatic carbocycles. The number of hydrogen-bond donors (Lipinski definition) is 1. The van der Waals surface area contributed by atoms with Crippen LogP contribution in [0.15, 0.2) is 60.7 Å². The van der Waals surface area contributed by atoms with Crippen LogP contribution in [0.1, 0.15) is 30.4 Å². The van der Waals surface area contributed by atoms with Crippen molar-refractivity contribution in [2.45, 2.75) is 24.8 Å². The average Bonchev–Trinajstić information content (AvgIpc) is 2.51. The highest BCUT2D eigenvalue weighted by Crippen LogP contribution is 2.31. The van der Waals surface area contributed by atoms with Crippen molar-refractivity contribution in [3.05, 3.63) is 71.8 Å². The van der Waals surface area contributed by atoms with Crippen LogP contribution in [0.2, 0.25) is 0 Å². The van der Waals surface area contributed by atoms with Gasteiger partial charge in [0.2, 0.25) is 0 Å². The van der Waals surface area contributed by atoms with Crippen LogP contribution in [0.25, 0.3) is 0 Å². The summed E-state index contributed by atoms with van der Waals surface area (Å²) in [6.45, 7) is 3.68. The van der Waals surface area contributed by atoms with Crippen molar-refractivity contribution in [3.63, 3.8) is 0 Å². The first-order chi connectivity index (χ1) is 10.3. The van der Waals surface area contributed by atoms with Gasteiger partial charge in [-0.25, -0.2) is 0 Å². The summed E-state index contributed by atoms with van der Waals surface area (Å²) in [5.41, 5.74) is 8.90. The molecule has 110 valence electrons. The first-order valence-corrected chi connectivity index (χ1v) is 7.91. The second kappa shape index (κ2) is 6.42. The van der Waals surface area contributed by atoms with Gasteiger partial charge in [0.15, 0.2) is 0 Å². The summed E-state index contributed by atoms with van der Waals surface area (Å²) in [4.78, 5) is 2.51. The van der Waals surface area contributed by atoms with Crippen molar-refractivity contribution < 1.29 is 0 Å². The molecule has 0 atom stereocenters. The average molecular weight is 280 g/mol. The van der Waals surface area contributed by atoms with E-state index >= 15 is 0 Å². The third-order valence-electron chi connectivity index (χ3n) is 4.57. The molecular weight excluding hydrogens is 256 g/mol. The SMILES string of the molecule is NC(CCCN1CCC1)(c1ccccc1)c1ccccc1. The van der Waals surface area contributed by atoms with Gasteiger partial charge in [0.1, 0.15) is 0 Å². The number of nitrogens with zero attached hydrogens (tertiary/aromatic N) is 1. The molecule has 1 fully saturated rings. The molecule has 2 N–H and O–H groups in total. The first kappa shape index (κ1) is 14.3. The van der Waals surface area contributed by atoms with Crippen LogP contribution in [0.5, 0.6) is 0 Å². The monoisotopic (exact) mass is 280 g/mol. The smallest absolute Gasteiger partial charge is 0.0666 e. The maximum atomic E-state index is 6.87. The lowest BCUT2D eigenvalue weighted by Gasteiger charge is -2.34. The van der Waals surface area contributed by atoms with Crippen LogP contribution in [-0.4, -0.2) is 24.5 Å². The van der Waals surface area contributed by atoms with Crippen molar-refractivity contribution in [1.82, 2.24) is 4.90 Å². The molecule has 0 unspecified atom stereocenters. The van der Waals surface area contributed by atoms with Crippen LogP contribution in [0.4, 0.5) is 0 Å². The Morgan fingerprint density at radius 1 is 0.857 bits per heavy atom. The first-order valence-electron chi connectivity index (χ1n) is 7.91. The molecule has 0 spiro atoms. The molecule has 1 aliphatic rings. The minimum Gasteiger partial charge on any atom is -0.318 e. The van der Waals surface area contributed by atoms with Crippen molar-refractivity contribution in [2.24, 2.45) is 5.73 Å². The van der Waals surface area contributed by atoms with E-state index in [1.54, 1.807) is 0 Å². The van der Waals surface area contributed by atoms with Crippen LogP contribution >= 0.6 is 0 Å². The Morgan fingerprint density at radius 2 is 1.38 bits per heavy atom. The molecule has 2 heteroatoms. The number of likely N-dealkylation sites (tertiary alicyclic amines) is 1. The Labute approximate surface area is 127 Å². The molecule has 1 aliphatic heterocycles. The number of rotatable bonds is 6. The maximum Gasteiger partial charge on any atom is 0.0666 e. The van der Waals surface area contributed by atoms with E-state index in [1.807, 2.05) is 0 Å². The summed E-state index contributed by atoms with van der Waals surface area (Å²) >= 11 is 0. The molecule has 0 bridgehead atoms. The van der Waals surface area contributed by atoms with Gasteiger partial charge in [-0.2, -0.15) is 0 Å². The standard InChI is InChI=1S/C19H24N2/c20-19(17-9-3-1-4-10-17,18-11-5-2-6-12-18)13-7-14-21-15-8-16-21/h1-6,9-12H,7-8,13-16,20H2.